The van der Waals surface area contributed by atoms with E-state index in [1.807, 2.05) is 0 Å². The Bertz CT molecular complexity index is 218. The summed E-state index contributed by atoms with van der Waals surface area (Å²) in [5, 5.41) is 3.28. The van der Waals surface area contributed by atoms with Gasteiger partial charge < -0.3 is 10.1 Å². The number of carbonyl (C=O) groups is 1. The zero-order valence-corrected chi connectivity index (χ0v) is 10.0. The van der Waals surface area contributed by atoms with E-state index in [0.717, 1.165) is 19.5 Å². The standard InChI is InChI=1S/C13H23NO2/c15-13(8-12-6-7-14-9-12)16-10-11-4-2-1-3-5-11/h11-12,14H,1-10H2. The average molecular weight is 225 g/mol. The zero-order chi connectivity index (χ0) is 11.2. The number of nitrogens with one attached hydrogen (secondary N) is 1. The highest BCUT2D eigenvalue weighted by molar-refractivity contribution is 5.69. The summed E-state index contributed by atoms with van der Waals surface area (Å²) in [4.78, 5) is 11.6. The van der Waals surface area contributed by atoms with Crippen LogP contribution < -0.4 is 5.32 Å². The van der Waals surface area contributed by atoms with Gasteiger partial charge >= 0.3 is 5.97 Å². The molecule has 16 heavy (non-hydrogen) atoms. The van der Waals surface area contributed by atoms with Crippen molar-refractivity contribution in [3.05, 3.63) is 0 Å². The molecule has 0 amide bonds. The molecule has 1 saturated heterocycles. The van der Waals surface area contributed by atoms with Gasteiger partial charge in [0.2, 0.25) is 0 Å². The Morgan fingerprint density at radius 2 is 1.94 bits per heavy atom. The maximum Gasteiger partial charge on any atom is 0.306 e. The molecule has 0 aromatic carbocycles. The second kappa shape index (κ2) is 6.24. The quantitative estimate of drug-likeness (QED) is 0.745. The predicted octanol–water partition coefficient (Wildman–Crippen LogP) is 2.11. The van der Waals surface area contributed by atoms with Gasteiger partial charge in [-0.15, -0.1) is 0 Å². The van der Waals surface area contributed by atoms with Gasteiger partial charge in [0.1, 0.15) is 0 Å². The molecular formula is C13H23NO2. The van der Waals surface area contributed by atoms with Crippen LogP contribution in [0, 0.1) is 11.8 Å². The molecule has 1 aliphatic heterocycles. The molecule has 1 unspecified atom stereocenters. The summed E-state index contributed by atoms with van der Waals surface area (Å²) in [6.07, 6.45) is 8.22. The van der Waals surface area contributed by atoms with Crippen LogP contribution in [0.25, 0.3) is 0 Å². The van der Waals surface area contributed by atoms with Crippen LogP contribution in [0.4, 0.5) is 0 Å². The van der Waals surface area contributed by atoms with E-state index in [2.05, 4.69) is 5.32 Å². The van der Waals surface area contributed by atoms with E-state index in [1.165, 1.54) is 32.1 Å². The molecule has 1 atom stereocenters. The fraction of sp³-hybridized carbons (Fsp3) is 0.923. The number of hydrogen-bond acceptors (Lipinski definition) is 3. The summed E-state index contributed by atoms with van der Waals surface area (Å²) in [5.74, 6) is 1.16. The van der Waals surface area contributed by atoms with Crippen molar-refractivity contribution in [3.8, 4) is 0 Å². The first kappa shape index (κ1) is 11.9. The lowest BCUT2D eigenvalue weighted by Crippen LogP contribution is -2.19. The summed E-state index contributed by atoms with van der Waals surface area (Å²) in [6, 6.07) is 0. The maximum absolute atomic E-state index is 11.6. The third kappa shape index (κ3) is 3.78. The molecule has 0 spiro atoms. The lowest BCUT2D eigenvalue weighted by molar-refractivity contribution is -0.146. The van der Waals surface area contributed by atoms with Gasteiger partial charge in [-0.2, -0.15) is 0 Å². The minimum Gasteiger partial charge on any atom is -0.465 e. The van der Waals surface area contributed by atoms with Gasteiger partial charge in [0.25, 0.3) is 0 Å². The summed E-state index contributed by atoms with van der Waals surface area (Å²) in [5.41, 5.74) is 0. The molecule has 1 heterocycles. The van der Waals surface area contributed by atoms with E-state index in [-0.39, 0.29) is 5.97 Å². The van der Waals surface area contributed by atoms with Gasteiger partial charge in [-0.25, -0.2) is 0 Å². The third-order valence-corrected chi connectivity index (χ3v) is 3.82. The van der Waals surface area contributed by atoms with Crippen molar-refractivity contribution in [2.45, 2.75) is 44.9 Å². The predicted molar refractivity (Wildman–Crippen MR) is 63.1 cm³/mol. The van der Waals surface area contributed by atoms with Crippen molar-refractivity contribution < 1.29 is 9.53 Å². The highest BCUT2D eigenvalue weighted by Gasteiger charge is 2.20. The smallest absolute Gasteiger partial charge is 0.306 e. The summed E-state index contributed by atoms with van der Waals surface area (Å²) >= 11 is 0. The summed E-state index contributed by atoms with van der Waals surface area (Å²) < 4.78 is 5.38. The Balaban J connectivity index is 1.59. The van der Waals surface area contributed by atoms with Gasteiger partial charge in [-0.3, -0.25) is 4.79 Å². The van der Waals surface area contributed by atoms with Crippen molar-refractivity contribution in [3.63, 3.8) is 0 Å². The third-order valence-electron chi connectivity index (χ3n) is 3.82. The van der Waals surface area contributed by atoms with Crippen LogP contribution in [0.2, 0.25) is 0 Å². The molecule has 2 rings (SSSR count). The molecule has 2 aliphatic rings. The van der Waals surface area contributed by atoms with Crippen LogP contribution in [0.1, 0.15) is 44.9 Å². The summed E-state index contributed by atoms with van der Waals surface area (Å²) in [6.45, 7) is 2.71. The SMILES string of the molecule is O=C(CC1CCNC1)OCC1CCCCC1. The van der Waals surface area contributed by atoms with Gasteiger partial charge in [0.15, 0.2) is 0 Å². The first-order valence-electron chi connectivity index (χ1n) is 6.71. The van der Waals surface area contributed by atoms with E-state index in [9.17, 15) is 4.79 Å². The Morgan fingerprint density at radius 1 is 1.12 bits per heavy atom. The van der Waals surface area contributed by atoms with Gasteiger partial charge in [-0.05, 0) is 44.2 Å². The monoisotopic (exact) mass is 225 g/mol. The first-order valence-corrected chi connectivity index (χ1v) is 6.71. The topological polar surface area (TPSA) is 38.3 Å². The molecular weight excluding hydrogens is 202 g/mol. The van der Waals surface area contributed by atoms with Crippen LogP contribution in [0.5, 0.6) is 0 Å². The Hall–Kier alpha value is -0.570. The molecule has 0 radical (unpaired) electrons. The maximum atomic E-state index is 11.6. The number of esters is 1. The number of carbonyl (C=O) groups excluding carboxylic acids is 1. The van der Waals surface area contributed by atoms with Gasteiger partial charge in [-0.1, -0.05) is 19.3 Å². The molecule has 1 N–H and O–H groups in total. The molecule has 3 heteroatoms. The van der Waals surface area contributed by atoms with Crippen LogP contribution in [-0.4, -0.2) is 25.7 Å². The highest BCUT2D eigenvalue weighted by atomic mass is 16.5. The molecule has 0 aromatic rings. The van der Waals surface area contributed by atoms with E-state index >= 15 is 0 Å². The Kier molecular flexibility index (Phi) is 4.64. The van der Waals surface area contributed by atoms with Crippen molar-refractivity contribution in [1.29, 1.82) is 0 Å². The lowest BCUT2D eigenvalue weighted by Gasteiger charge is -2.21. The minimum atomic E-state index is 0.0132. The van der Waals surface area contributed by atoms with Crippen LogP contribution >= 0.6 is 0 Å². The molecule has 1 saturated carbocycles. The molecule has 1 aliphatic carbocycles. The normalized spacial score (nSPS) is 26.9. The number of ether oxygens (including phenoxy) is 1. The second-order valence-corrected chi connectivity index (χ2v) is 5.25. The molecule has 3 nitrogen and oxygen atoms in total. The number of hydrogen-bond donors (Lipinski definition) is 1. The average Bonchev–Trinajstić information content (AvgIpc) is 2.81. The Labute approximate surface area is 97.9 Å². The van der Waals surface area contributed by atoms with Crippen LogP contribution in [0.3, 0.4) is 0 Å². The molecule has 0 bridgehead atoms. The van der Waals surface area contributed by atoms with Gasteiger partial charge in [0.05, 0.1) is 6.61 Å². The fourth-order valence-corrected chi connectivity index (χ4v) is 2.75. The van der Waals surface area contributed by atoms with Crippen molar-refractivity contribution >= 4 is 5.97 Å². The molecule has 0 aromatic heterocycles. The largest absolute Gasteiger partial charge is 0.465 e. The lowest BCUT2D eigenvalue weighted by atomic mass is 9.90. The van der Waals surface area contributed by atoms with E-state index in [4.69, 9.17) is 4.74 Å². The molecule has 92 valence electrons. The van der Waals surface area contributed by atoms with Crippen molar-refractivity contribution in [2.75, 3.05) is 19.7 Å². The van der Waals surface area contributed by atoms with E-state index < -0.39 is 0 Å². The first-order chi connectivity index (χ1) is 7.84. The molecule has 2 fully saturated rings. The van der Waals surface area contributed by atoms with Crippen LogP contribution in [0.15, 0.2) is 0 Å². The van der Waals surface area contributed by atoms with Gasteiger partial charge in [0, 0.05) is 6.42 Å². The van der Waals surface area contributed by atoms with E-state index in [1.54, 1.807) is 0 Å². The zero-order valence-electron chi connectivity index (χ0n) is 10.0. The minimum absolute atomic E-state index is 0.0132. The van der Waals surface area contributed by atoms with Crippen LogP contribution in [-0.2, 0) is 9.53 Å². The summed E-state index contributed by atoms with van der Waals surface area (Å²) in [7, 11) is 0. The Morgan fingerprint density at radius 3 is 2.62 bits per heavy atom. The second-order valence-electron chi connectivity index (χ2n) is 5.25. The number of rotatable bonds is 4. The van der Waals surface area contributed by atoms with Crippen molar-refractivity contribution in [1.82, 2.24) is 5.32 Å². The highest BCUT2D eigenvalue weighted by Crippen LogP contribution is 2.24. The fourth-order valence-electron chi connectivity index (χ4n) is 2.75. The van der Waals surface area contributed by atoms with E-state index in [0.29, 0.717) is 24.9 Å². The van der Waals surface area contributed by atoms with Crippen molar-refractivity contribution in [2.24, 2.45) is 11.8 Å².